The SMILES string of the molecule is CC(C)C1Oc2cccc(-c3cccc4c3[P@](C(C)(C)C)C(C(C)C)O4)c2[P@]1C(C)(C)C. The van der Waals surface area contributed by atoms with Crippen LogP contribution < -0.4 is 20.1 Å². The van der Waals surface area contributed by atoms with Crippen LogP contribution in [0.15, 0.2) is 36.4 Å². The zero-order valence-electron chi connectivity index (χ0n) is 21.5. The number of fused-ring (bicyclic) bond motifs is 2. The molecule has 0 N–H and O–H groups in total. The van der Waals surface area contributed by atoms with Crippen molar-refractivity contribution in [2.24, 2.45) is 11.8 Å². The molecule has 4 rings (SSSR count). The minimum absolute atomic E-state index is 0.176. The normalized spacial score (nSPS) is 25.0. The molecule has 2 nitrogen and oxygen atoms in total. The molecule has 2 aliphatic rings. The summed E-state index contributed by atoms with van der Waals surface area (Å²) in [6.07, 6.45) is 0. The Morgan fingerprint density at radius 3 is 1.25 bits per heavy atom. The lowest BCUT2D eigenvalue weighted by atomic mass is 10.0. The molecule has 0 saturated carbocycles. The summed E-state index contributed by atoms with van der Waals surface area (Å²) in [5.74, 6) is 3.70. The smallest absolute Gasteiger partial charge is 0.128 e. The molecular formula is C28H40O2P2. The largest absolute Gasteiger partial charge is 0.485 e. The van der Waals surface area contributed by atoms with Gasteiger partial charge in [-0.15, -0.1) is 0 Å². The van der Waals surface area contributed by atoms with Gasteiger partial charge in [0.25, 0.3) is 0 Å². The summed E-state index contributed by atoms with van der Waals surface area (Å²) in [5.41, 5.74) is 2.74. The zero-order chi connectivity index (χ0) is 23.6. The van der Waals surface area contributed by atoms with E-state index < -0.39 is 15.8 Å². The number of benzene rings is 2. The Morgan fingerprint density at radius 1 is 0.625 bits per heavy atom. The highest BCUT2D eigenvalue weighted by Gasteiger charge is 2.47. The van der Waals surface area contributed by atoms with Crippen LogP contribution >= 0.6 is 15.8 Å². The lowest BCUT2D eigenvalue weighted by Crippen LogP contribution is -2.29. The molecule has 0 aromatic heterocycles. The van der Waals surface area contributed by atoms with Crippen molar-refractivity contribution in [3.05, 3.63) is 36.4 Å². The van der Waals surface area contributed by atoms with Crippen molar-refractivity contribution in [1.29, 1.82) is 0 Å². The molecule has 32 heavy (non-hydrogen) atoms. The van der Waals surface area contributed by atoms with Crippen LogP contribution in [0.2, 0.25) is 0 Å². The highest BCUT2D eigenvalue weighted by atomic mass is 31.1. The summed E-state index contributed by atoms with van der Waals surface area (Å²) < 4.78 is 13.3. The Balaban J connectivity index is 1.96. The molecule has 2 heterocycles. The Labute approximate surface area is 198 Å². The summed E-state index contributed by atoms with van der Waals surface area (Å²) in [4.78, 5) is 0. The molecule has 4 heteroatoms. The first-order valence-electron chi connectivity index (χ1n) is 12.0. The van der Waals surface area contributed by atoms with E-state index in [2.05, 4.69) is 106 Å². The third kappa shape index (κ3) is 4.01. The highest BCUT2D eigenvalue weighted by Crippen LogP contribution is 2.64. The molecule has 174 valence electrons. The lowest BCUT2D eigenvalue weighted by molar-refractivity contribution is 0.239. The fraction of sp³-hybridized carbons (Fsp3) is 0.571. The third-order valence-corrected chi connectivity index (χ3v) is 13.6. The Kier molecular flexibility index (Phi) is 6.22. The summed E-state index contributed by atoms with van der Waals surface area (Å²) in [5, 5.41) is 3.27. The fourth-order valence-electron chi connectivity index (χ4n) is 5.09. The van der Waals surface area contributed by atoms with E-state index in [1.165, 1.54) is 21.7 Å². The molecule has 0 bridgehead atoms. The molecule has 0 radical (unpaired) electrons. The minimum Gasteiger partial charge on any atom is -0.485 e. The van der Waals surface area contributed by atoms with Gasteiger partial charge in [0.15, 0.2) is 0 Å². The summed E-state index contributed by atoms with van der Waals surface area (Å²) in [7, 11) is -0.955. The maximum Gasteiger partial charge on any atom is 0.128 e. The van der Waals surface area contributed by atoms with Gasteiger partial charge in [-0.25, -0.2) is 0 Å². The predicted octanol–water partition coefficient (Wildman–Crippen LogP) is 7.91. The van der Waals surface area contributed by atoms with E-state index in [0.29, 0.717) is 11.8 Å². The van der Waals surface area contributed by atoms with Crippen molar-refractivity contribution in [2.75, 3.05) is 0 Å². The molecular weight excluding hydrogens is 430 g/mol. The van der Waals surface area contributed by atoms with Crippen molar-refractivity contribution in [2.45, 2.75) is 91.2 Å². The topological polar surface area (TPSA) is 18.5 Å². The van der Waals surface area contributed by atoms with Crippen molar-refractivity contribution >= 4 is 26.5 Å². The van der Waals surface area contributed by atoms with Gasteiger partial charge in [-0.2, -0.15) is 0 Å². The first-order valence-corrected chi connectivity index (χ1v) is 14.8. The molecule has 0 spiro atoms. The number of rotatable bonds is 3. The number of hydrogen-bond acceptors (Lipinski definition) is 2. The van der Waals surface area contributed by atoms with E-state index in [-0.39, 0.29) is 22.0 Å². The van der Waals surface area contributed by atoms with Gasteiger partial charge in [0.05, 0.1) is 0 Å². The van der Waals surface area contributed by atoms with Gasteiger partial charge in [-0.05, 0) is 61.3 Å². The molecule has 0 fully saturated rings. The lowest BCUT2D eigenvalue weighted by Gasteiger charge is -2.35. The van der Waals surface area contributed by atoms with Crippen molar-refractivity contribution in [1.82, 2.24) is 0 Å². The van der Waals surface area contributed by atoms with Crippen molar-refractivity contribution in [3.8, 4) is 22.6 Å². The quantitative estimate of drug-likeness (QED) is 0.424. The monoisotopic (exact) mass is 470 g/mol. The van der Waals surface area contributed by atoms with Crippen molar-refractivity contribution < 1.29 is 9.47 Å². The van der Waals surface area contributed by atoms with Crippen LogP contribution in [-0.4, -0.2) is 22.0 Å². The van der Waals surface area contributed by atoms with Crippen LogP contribution in [0.25, 0.3) is 11.1 Å². The van der Waals surface area contributed by atoms with E-state index in [4.69, 9.17) is 9.47 Å². The molecule has 2 aromatic rings. The minimum atomic E-state index is -0.478. The van der Waals surface area contributed by atoms with Gasteiger partial charge >= 0.3 is 0 Å². The number of ether oxygens (including phenoxy) is 2. The summed E-state index contributed by atoms with van der Waals surface area (Å²) in [6, 6.07) is 13.4. The Morgan fingerprint density at radius 2 is 0.969 bits per heavy atom. The highest BCUT2D eigenvalue weighted by molar-refractivity contribution is 7.69. The van der Waals surface area contributed by atoms with E-state index in [0.717, 1.165) is 11.5 Å². The van der Waals surface area contributed by atoms with Crippen molar-refractivity contribution in [3.63, 3.8) is 0 Å². The summed E-state index contributed by atoms with van der Waals surface area (Å²) in [6.45, 7) is 23.5. The van der Waals surface area contributed by atoms with Gasteiger partial charge in [-0.3, -0.25) is 0 Å². The number of hydrogen-bond donors (Lipinski definition) is 0. The van der Waals surface area contributed by atoms with Gasteiger partial charge in [0.2, 0.25) is 0 Å². The second kappa shape index (κ2) is 8.29. The molecule has 2 aromatic carbocycles. The fourth-order valence-corrected chi connectivity index (χ4v) is 11.7. The Bertz CT molecular complexity index is 916. The first-order chi connectivity index (χ1) is 14.8. The maximum atomic E-state index is 6.65. The second-order valence-corrected chi connectivity index (χ2v) is 18.0. The van der Waals surface area contributed by atoms with E-state index in [9.17, 15) is 0 Å². The maximum absolute atomic E-state index is 6.65. The molecule has 4 atom stereocenters. The average Bonchev–Trinajstić information content (AvgIpc) is 3.26. The first kappa shape index (κ1) is 24.0. The molecule has 2 aliphatic heterocycles. The van der Waals surface area contributed by atoms with Gasteiger partial charge in [0.1, 0.15) is 23.2 Å². The second-order valence-electron chi connectivity index (χ2n) is 11.9. The zero-order valence-corrected chi connectivity index (χ0v) is 23.3. The molecule has 0 aliphatic carbocycles. The van der Waals surface area contributed by atoms with E-state index in [1.807, 2.05) is 0 Å². The van der Waals surface area contributed by atoms with Crippen LogP contribution in [-0.2, 0) is 0 Å². The average molecular weight is 471 g/mol. The molecule has 2 unspecified atom stereocenters. The predicted molar refractivity (Wildman–Crippen MR) is 143 cm³/mol. The van der Waals surface area contributed by atoms with Crippen LogP contribution in [0.4, 0.5) is 0 Å². The van der Waals surface area contributed by atoms with Crippen LogP contribution in [0.5, 0.6) is 11.5 Å². The van der Waals surface area contributed by atoms with Gasteiger partial charge < -0.3 is 9.47 Å². The molecule has 0 saturated heterocycles. The van der Waals surface area contributed by atoms with Gasteiger partial charge in [0, 0.05) is 10.6 Å². The van der Waals surface area contributed by atoms with Crippen LogP contribution in [0.3, 0.4) is 0 Å². The standard InChI is InChI=1S/C28H40O2P2/c1-17(2)25-29-21-15-11-13-19(23(21)31(25)27(5,6)7)20-14-12-16-22-24(20)32(28(8,9)10)26(30-22)18(3)4/h11-18,25-26H,1-10H3/t25?,26?,31-,32-/m0/s1. The molecule has 0 amide bonds. The van der Waals surface area contributed by atoms with Crippen LogP contribution in [0, 0.1) is 11.8 Å². The third-order valence-electron chi connectivity index (χ3n) is 6.36. The van der Waals surface area contributed by atoms with E-state index >= 15 is 0 Å². The van der Waals surface area contributed by atoms with Gasteiger partial charge in [-0.1, -0.05) is 93.5 Å². The van der Waals surface area contributed by atoms with Crippen LogP contribution in [0.1, 0.15) is 69.2 Å². The summed E-state index contributed by atoms with van der Waals surface area (Å²) >= 11 is 0. The van der Waals surface area contributed by atoms with E-state index in [1.54, 1.807) is 0 Å². The Hall–Kier alpha value is -1.10.